The Morgan fingerprint density at radius 1 is 1.31 bits per heavy atom. The third kappa shape index (κ3) is 2.40. The summed E-state index contributed by atoms with van der Waals surface area (Å²) in [4.78, 5) is 8.86. The molecule has 0 spiro atoms. The number of rotatable bonds is 4. The zero-order valence-corrected chi connectivity index (χ0v) is 10.3. The molecule has 0 amide bonds. The van der Waals surface area contributed by atoms with E-state index in [4.69, 9.17) is 0 Å². The third-order valence-electron chi connectivity index (χ3n) is 3.60. The second-order valence-electron chi connectivity index (χ2n) is 4.56. The fraction of sp³-hybridized carbons (Fsp3) is 0.692. The van der Waals surface area contributed by atoms with E-state index in [0.717, 1.165) is 31.8 Å². The molecule has 1 aromatic rings. The Labute approximate surface area is 97.7 Å². The van der Waals surface area contributed by atoms with Crippen LogP contribution in [0.25, 0.3) is 0 Å². The summed E-state index contributed by atoms with van der Waals surface area (Å²) < 4.78 is 0. The number of hydrogen-bond donors (Lipinski definition) is 1. The monoisotopic (exact) mass is 219 g/mol. The van der Waals surface area contributed by atoms with Crippen LogP contribution < -0.4 is 5.32 Å². The van der Waals surface area contributed by atoms with Crippen LogP contribution >= 0.6 is 0 Å². The zero-order chi connectivity index (χ0) is 11.4. The molecule has 1 aliphatic heterocycles. The highest BCUT2D eigenvalue weighted by atomic mass is 14.9. The topological polar surface area (TPSA) is 37.8 Å². The molecule has 0 atom stereocenters. The second-order valence-corrected chi connectivity index (χ2v) is 4.56. The maximum absolute atomic E-state index is 4.48. The van der Waals surface area contributed by atoms with Crippen molar-refractivity contribution in [2.75, 3.05) is 6.54 Å². The van der Waals surface area contributed by atoms with Gasteiger partial charge < -0.3 is 5.32 Å². The lowest BCUT2D eigenvalue weighted by atomic mass is 9.93. The second kappa shape index (κ2) is 5.39. The van der Waals surface area contributed by atoms with Crippen LogP contribution in [0.5, 0.6) is 0 Å². The molecule has 3 nitrogen and oxygen atoms in total. The third-order valence-corrected chi connectivity index (χ3v) is 3.60. The van der Waals surface area contributed by atoms with E-state index in [2.05, 4.69) is 29.1 Å². The predicted molar refractivity (Wildman–Crippen MR) is 65.2 cm³/mol. The lowest BCUT2D eigenvalue weighted by Crippen LogP contribution is -2.26. The Balaban J connectivity index is 2.20. The maximum Gasteiger partial charge on any atom is 0.115 e. The van der Waals surface area contributed by atoms with E-state index >= 15 is 0 Å². The van der Waals surface area contributed by atoms with Gasteiger partial charge >= 0.3 is 0 Å². The van der Waals surface area contributed by atoms with Gasteiger partial charge in [-0.15, -0.1) is 0 Å². The average Bonchev–Trinajstić information content (AvgIpc) is 2.36. The van der Waals surface area contributed by atoms with Crippen molar-refractivity contribution in [2.45, 2.75) is 46.1 Å². The standard InChI is InChI=1S/C13H21N3/c1-3-10(4-2)7-13-11-8-14-6-5-12(11)15-9-16-13/h9-10,14H,3-8H2,1-2H3. The highest BCUT2D eigenvalue weighted by Gasteiger charge is 2.16. The summed E-state index contributed by atoms with van der Waals surface area (Å²) >= 11 is 0. The lowest BCUT2D eigenvalue weighted by molar-refractivity contribution is 0.478. The Hall–Kier alpha value is -0.960. The molecule has 88 valence electrons. The molecule has 0 saturated heterocycles. The minimum atomic E-state index is 0.765. The van der Waals surface area contributed by atoms with Crippen molar-refractivity contribution in [1.82, 2.24) is 15.3 Å². The van der Waals surface area contributed by atoms with Gasteiger partial charge in [0.2, 0.25) is 0 Å². The minimum Gasteiger partial charge on any atom is -0.312 e. The van der Waals surface area contributed by atoms with Crippen molar-refractivity contribution in [2.24, 2.45) is 5.92 Å². The van der Waals surface area contributed by atoms with Gasteiger partial charge in [0.25, 0.3) is 0 Å². The van der Waals surface area contributed by atoms with Gasteiger partial charge in [-0.2, -0.15) is 0 Å². The number of fused-ring (bicyclic) bond motifs is 1. The van der Waals surface area contributed by atoms with Crippen molar-refractivity contribution in [3.63, 3.8) is 0 Å². The molecule has 0 unspecified atom stereocenters. The normalized spacial score (nSPS) is 15.2. The van der Waals surface area contributed by atoms with Crippen LogP contribution in [0.15, 0.2) is 6.33 Å². The molecule has 2 heterocycles. The first-order valence-electron chi connectivity index (χ1n) is 6.37. The number of nitrogens with zero attached hydrogens (tertiary/aromatic N) is 2. The van der Waals surface area contributed by atoms with E-state index in [1.54, 1.807) is 6.33 Å². The summed E-state index contributed by atoms with van der Waals surface area (Å²) in [6, 6.07) is 0. The van der Waals surface area contributed by atoms with E-state index in [1.165, 1.54) is 29.8 Å². The Morgan fingerprint density at radius 3 is 2.88 bits per heavy atom. The Bertz CT molecular complexity index is 345. The first-order valence-corrected chi connectivity index (χ1v) is 6.37. The van der Waals surface area contributed by atoms with Crippen molar-refractivity contribution in [3.05, 3.63) is 23.3 Å². The fourth-order valence-electron chi connectivity index (χ4n) is 2.36. The molecule has 0 saturated carbocycles. The van der Waals surface area contributed by atoms with E-state index in [9.17, 15) is 0 Å². The minimum absolute atomic E-state index is 0.765. The molecule has 0 bridgehead atoms. The fourth-order valence-corrected chi connectivity index (χ4v) is 2.36. The van der Waals surface area contributed by atoms with Gasteiger partial charge in [-0.25, -0.2) is 9.97 Å². The SMILES string of the molecule is CCC(CC)Cc1ncnc2c1CNCC2. The lowest BCUT2D eigenvalue weighted by Gasteiger charge is -2.20. The maximum atomic E-state index is 4.48. The molecule has 1 aromatic heterocycles. The summed E-state index contributed by atoms with van der Waals surface area (Å²) in [5.74, 6) is 0.765. The van der Waals surface area contributed by atoms with Gasteiger partial charge in [-0.1, -0.05) is 26.7 Å². The van der Waals surface area contributed by atoms with Crippen LogP contribution in [-0.4, -0.2) is 16.5 Å². The van der Waals surface area contributed by atoms with E-state index in [0.29, 0.717) is 0 Å². The smallest absolute Gasteiger partial charge is 0.115 e. The van der Waals surface area contributed by atoms with Crippen LogP contribution in [-0.2, 0) is 19.4 Å². The van der Waals surface area contributed by atoms with Gasteiger partial charge in [0.05, 0.1) is 0 Å². The molecule has 0 aromatic carbocycles. The average molecular weight is 219 g/mol. The summed E-state index contributed by atoms with van der Waals surface area (Å²) in [6.07, 6.45) is 6.38. The number of aromatic nitrogens is 2. The number of hydrogen-bond acceptors (Lipinski definition) is 3. The molecule has 0 aliphatic carbocycles. The molecule has 16 heavy (non-hydrogen) atoms. The van der Waals surface area contributed by atoms with Crippen LogP contribution in [0.3, 0.4) is 0 Å². The summed E-state index contributed by atoms with van der Waals surface area (Å²) in [7, 11) is 0. The van der Waals surface area contributed by atoms with Crippen molar-refractivity contribution in [1.29, 1.82) is 0 Å². The van der Waals surface area contributed by atoms with Crippen LogP contribution in [0.2, 0.25) is 0 Å². The van der Waals surface area contributed by atoms with Crippen LogP contribution in [0.1, 0.15) is 43.6 Å². The van der Waals surface area contributed by atoms with Crippen molar-refractivity contribution >= 4 is 0 Å². The quantitative estimate of drug-likeness (QED) is 0.842. The number of nitrogens with one attached hydrogen (secondary N) is 1. The molecule has 1 N–H and O–H groups in total. The van der Waals surface area contributed by atoms with Crippen LogP contribution in [0, 0.1) is 5.92 Å². The zero-order valence-electron chi connectivity index (χ0n) is 10.3. The molecular weight excluding hydrogens is 198 g/mol. The molecule has 0 radical (unpaired) electrons. The first kappa shape index (κ1) is 11.5. The highest BCUT2D eigenvalue weighted by Crippen LogP contribution is 2.20. The predicted octanol–water partition coefficient (Wildman–Crippen LogP) is 2.10. The van der Waals surface area contributed by atoms with Gasteiger partial charge in [-0.3, -0.25) is 0 Å². The molecule has 0 fully saturated rings. The van der Waals surface area contributed by atoms with Crippen molar-refractivity contribution < 1.29 is 0 Å². The van der Waals surface area contributed by atoms with Gasteiger partial charge in [0.15, 0.2) is 0 Å². The molecule has 1 aliphatic rings. The van der Waals surface area contributed by atoms with Crippen molar-refractivity contribution in [3.8, 4) is 0 Å². The van der Waals surface area contributed by atoms with E-state index < -0.39 is 0 Å². The summed E-state index contributed by atoms with van der Waals surface area (Å²) in [5, 5.41) is 3.41. The molecule has 2 rings (SSSR count). The Kier molecular flexibility index (Phi) is 3.88. The highest BCUT2D eigenvalue weighted by molar-refractivity contribution is 5.27. The van der Waals surface area contributed by atoms with Gasteiger partial charge in [0.1, 0.15) is 6.33 Å². The molecular formula is C13H21N3. The first-order chi connectivity index (χ1) is 7.85. The Morgan fingerprint density at radius 2 is 2.12 bits per heavy atom. The van der Waals surface area contributed by atoms with Gasteiger partial charge in [-0.05, 0) is 12.3 Å². The molecule has 3 heteroatoms. The summed E-state index contributed by atoms with van der Waals surface area (Å²) in [5.41, 5.74) is 3.89. The van der Waals surface area contributed by atoms with E-state index in [1.807, 2.05) is 0 Å². The summed E-state index contributed by atoms with van der Waals surface area (Å²) in [6.45, 7) is 6.53. The largest absolute Gasteiger partial charge is 0.312 e. The van der Waals surface area contributed by atoms with E-state index in [-0.39, 0.29) is 0 Å². The van der Waals surface area contributed by atoms with Crippen LogP contribution in [0.4, 0.5) is 0 Å². The van der Waals surface area contributed by atoms with Gasteiger partial charge in [0, 0.05) is 36.5 Å².